The van der Waals surface area contributed by atoms with Crippen molar-refractivity contribution in [3.05, 3.63) is 133 Å². The number of thiazole rings is 1. The number of allylic oxidation sites excluding steroid dienone is 1. The predicted molar refractivity (Wildman–Crippen MR) is 148 cm³/mol. The van der Waals surface area contributed by atoms with Gasteiger partial charge in [-0.05, 0) is 63.2 Å². The van der Waals surface area contributed by atoms with Crippen LogP contribution in [0.3, 0.4) is 0 Å². The largest absolute Gasteiger partial charge is 0.501 e. The molecule has 0 saturated carbocycles. The second kappa shape index (κ2) is 9.40. The fourth-order valence-electron chi connectivity index (χ4n) is 5.11. The lowest BCUT2D eigenvalue weighted by Crippen LogP contribution is -2.38. The van der Waals surface area contributed by atoms with Gasteiger partial charge in [0.25, 0.3) is 11.2 Å². The summed E-state index contributed by atoms with van der Waals surface area (Å²) in [5.41, 5.74) is 3.76. The number of nitrogens with zero attached hydrogens (tertiary/aromatic N) is 4. The molecule has 2 aliphatic rings. The van der Waals surface area contributed by atoms with Crippen LogP contribution in [0.5, 0.6) is 5.75 Å². The summed E-state index contributed by atoms with van der Waals surface area (Å²) in [6, 6.07) is 16.3. The van der Waals surface area contributed by atoms with Crippen LogP contribution in [0, 0.1) is 20.2 Å². The molecule has 0 spiro atoms. The van der Waals surface area contributed by atoms with Crippen molar-refractivity contribution in [1.82, 2.24) is 4.57 Å². The van der Waals surface area contributed by atoms with Crippen molar-refractivity contribution in [3.63, 3.8) is 0 Å². The first kappa shape index (κ1) is 24.9. The minimum absolute atomic E-state index is 0.0776. The van der Waals surface area contributed by atoms with Gasteiger partial charge in [0.05, 0.1) is 30.6 Å². The van der Waals surface area contributed by atoms with Crippen molar-refractivity contribution in [2.45, 2.75) is 18.9 Å². The molecule has 1 aliphatic carbocycles. The summed E-state index contributed by atoms with van der Waals surface area (Å²) in [6.07, 6.45) is 2.89. The summed E-state index contributed by atoms with van der Waals surface area (Å²) in [4.78, 5) is 41.0. The molecule has 0 amide bonds. The van der Waals surface area contributed by atoms with E-state index in [1.54, 1.807) is 16.7 Å². The van der Waals surface area contributed by atoms with E-state index in [2.05, 4.69) is 15.9 Å². The Bertz CT molecular complexity index is 1940. The number of aromatic hydroxyl groups is 1. The van der Waals surface area contributed by atoms with Gasteiger partial charge in [-0.1, -0.05) is 47.7 Å². The zero-order valence-corrected chi connectivity index (χ0v) is 22.3. The number of rotatable bonds is 4. The molecule has 0 bridgehead atoms. The first-order valence-corrected chi connectivity index (χ1v) is 13.4. The molecule has 0 saturated heterocycles. The molecule has 0 fully saturated rings. The Morgan fingerprint density at radius 1 is 1.05 bits per heavy atom. The van der Waals surface area contributed by atoms with E-state index in [1.165, 1.54) is 30.3 Å². The summed E-state index contributed by atoms with van der Waals surface area (Å²) in [7, 11) is 0. The Labute approximate surface area is 231 Å². The molecule has 3 aromatic carbocycles. The molecule has 12 heteroatoms. The number of phenolic OH excluding ortho intramolecular Hbond substituents is 1. The molecular formula is C27H17BrN4O6S. The van der Waals surface area contributed by atoms with E-state index in [1.807, 2.05) is 24.3 Å². The van der Waals surface area contributed by atoms with Gasteiger partial charge in [0.1, 0.15) is 0 Å². The van der Waals surface area contributed by atoms with Crippen LogP contribution in [0.2, 0.25) is 0 Å². The van der Waals surface area contributed by atoms with Gasteiger partial charge in [-0.3, -0.25) is 29.6 Å². The molecule has 39 heavy (non-hydrogen) atoms. The number of benzene rings is 3. The molecule has 4 aromatic rings. The quantitative estimate of drug-likeness (QED) is 0.266. The summed E-state index contributed by atoms with van der Waals surface area (Å²) in [5.74, 6) is -0.504. The fourth-order valence-corrected chi connectivity index (χ4v) is 6.58. The number of aromatic nitrogens is 1. The highest BCUT2D eigenvalue weighted by Gasteiger charge is 2.33. The highest BCUT2D eigenvalue weighted by atomic mass is 79.9. The van der Waals surface area contributed by atoms with Gasteiger partial charge >= 0.3 is 5.69 Å². The molecule has 10 nitrogen and oxygen atoms in total. The number of non-ortho nitro benzene ring substituents is 1. The lowest BCUT2D eigenvalue weighted by atomic mass is 9.83. The summed E-state index contributed by atoms with van der Waals surface area (Å²) in [6.45, 7) is 0. The Hall–Kier alpha value is -4.42. The standard InChI is InChI=1S/C27H17BrN4O6S/c28-20-10-14(11-21(25(20)33)32(37)38)12-22-26(34)30-24(16-5-3-6-17(13-16)31(35)36)19-9-8-15-4-1-2-7-18(15)23(19)29-27(30)39-22/h1-7,10-13,24,33H,8-9H2/b22-12-/t24-/m0/s1. The monoisotopic (exact) mass is 604 g/mol. The molecule has 1 atom stereocenters. The van der Waals surface area contributed by atoms with Crippen LogP contribution in [0.25, 0.3) is 11.8 Å². The van der Waals surface area contributed by atoms with E-state index in [4.69, 9.17) is 4.99 Å². The third-order valence-electron chi connectivity index (χ3n) is 6.83. The molecule has 0 unspecified atom stereocenters. The van der Waals surface area contributed by atoms with Crippen LogP contribution in [-0.2, 0) is 6.42 Å². The highest BCUT2D eigenvalue weighted by molar-refractivity contribution is 9.10. The van der Waals surface area contributed by atoms with Crippen molar-refractivity contribution in [2.24, 2.45) is 4.99 Å². The molecule has 6 rings (SSSR count). The van der Waals surface area contributed by atoms with Gasteiger partial charge < -0.3 is 5.11 Å². The minimum atomic E-state index is -0.702. The Kier molecular flexibility index (Phi) is 6.00. The maximum absolute atomic E-state index is 13.8. The lowest BCUT2D eigenvalue weighted by molar-refractivity contribution is -0.386. The molecule has 0 radical (unpaired) electrons. The third-order valence-corrected chi connectivity index (χ3v) is 8.42. The smallest absolute Gasteiger partial charge is 0.312 e. The van der Waals surface area contributed by atoms with E-state index >= 15 is 0 Å². The second-order valence-electron chi connectivity index (χ2n) is 9.09. The minimum Gasteiger partial charge on any atom is -0.501 e. The van der Waals surface area contributed by atoms with E-state index in [0.717, 1.165) is 40.2 Å². The fraction of sp³-hybridized carbons (Fsp3) is 0.111. The lowest BCUT2D eigenvalue weighted by Gasteiger charge is -2.30. The molecule has 1 aromatic heterocycles. The Balaban J connectivity index is 1.62. The zero-order valence-electron chi connectivity index (χ0n) is 19.9. The third kappa shape index (κ3) is 4.17. The normalized spacial score (nSPS) is 16.2. The Morgan fingerprint density at radius 2 is 1.85 bits per heavy atom. The SMILES string of the molecule is O=c1/c(=C/c2cc(Br)c(O)c([N+](=O)[O-])c2)sc2n1[C@@H](c1cccc([N+](=O)[O-])c1)C1=C(N=2)c2ccccc2CC1. The maximum Gasteiger partial charge on any atom is 0.312 e. The predicted octanol–water partition coefficient (Wildman–Crippen LogP) is 4.60. The van der Waals surface area contributed by atoms with E-state index in [0.29, 0.717) is 22.3 Å². The summed E-state index contributed by atoms with van der Waals surface area (Å²) >= 11 is 4.27. The highest BCUT2D eigenvalue weighted by Crippen LogP contribution is 2.41. The topological polar surface area (TPSA) is 141 Å². The average Bonchev–Trinajstić information content (AvgIpc) is 3.23. The van der Waals surface area contributed by atoms with Crippen LogP contribution in [0.15, 0.2) is 80.5 Å². The zero-order chi connectivity index (χ0) is 27.4. The first-order chi connectivity index (χ1) is 18.7. The van der Waals surface area contributed by atoms with Gasteiger partial charge in [0.15, 0.2) is 4.80 Å². The molecule has 194 valence electrons. The van der Waals surface area contributed by atoms with Gasteiger partial charge in [-0.25, -0.2) is 4.99 Å². The number of hydrogen-bond acceptors (Lipinski definition) is 8. The van der Waals surface area contributed by atoms with Crippen LogP contribution >= 0.6 is 27.3 Å². The van der Waals surface area contributed by atoms with Crippen molar-refractivity contribution in [2.75, 3.05) is 0 Å². The number of fused-ring (bicyclic) bond motifs is 3. The van der Waals surface area contributed by atoms with Gasteiger partial charge in [0, 0.05) is 23.8 Å². The van der Waals surface area contributed by atoms with Gasteiger partial charge in [-0.15, -0.1) is 0 Å². The van der Waals surface area contributed by atoms with Gasteiger partial charge in [-0.2, -0.15) is 0 Å². The number of halogens is 1. The Morgan fingerprint density at radius 3 is 2.62 bits per heavy atom. The van der Waals surface area contributed by atoms with E-state index in [-0.39, 0.29) is 20.3 Å². The van der Waals surface area contributed by atoms with Crippen LogP contribution in [0.1, 0.15) is 34.7 Å². The number of nitro benzene ring substituents is 2. The summed E-state index contributed by atoms with van der Waals surface area (Å²) < 4.78 is 1.95. The number of hydrogen-bond donors (Lipinski definition) is 1. The molecule has 1 N–H and O–H groups in total. The average molecular weight is 605 g/mol. The number of aryl methyl sites for hydroxylation is 1. The molecule has 1 aliphatic heterocycles. The molecule has 2 heterocycles. The summed E-state index contributed by atoms with van der Waals surface area (Å²) in [5, 5.41) is 33.0. The van der Waals surface area contributed by atoms with Crippen molar-refractivity contribution in [1.29, 1.82) is 0 Å². The van der Waals surface area contributed by atoms with Crippen LogP contribution in [-0.4, -0.2) is 19.5 Å². The molecular weight excluding hydrogens is 588 g/mol. The maximum atomic E-state index is 13.8. The van der Waals surface area contributed by atoms with Crippen LogP contribution in [0.4, 0.5) is 11.4 Å². The first-order valence-electron chi connectivity index (χ1n) is 11.8. The number of phenols is 1. The van der Waals surface area contributed by atoms with Crippen LogP contribution < -0.4 is 14.9 Å². The van der Waals surface area contributed by atoms with Crippen molar-refractivity contribution in [3.8, 4) is 5.75 Å². The van der Waals surface area contributed by atoms with Gasteiger partial charge in [0.2, 0.25) is 5.75 Å². The number of nitro groups is 2. The van der Waals surface area contributed by atoms with Crippen molar-refractivity contribution >= 4 is 50.4 Å². The van der Waals surface area contributed by atoms with E-state index < -0.39 is 27.3 Å². The van der Waals surface area contributed by atoms with Crippen molar-refractivity contribution < 1.29 is 15.0 Å². The van der Waals surface area contributed by atoms with E-state index in [9.17, 15) is 30.1 Å². The second-order valence-corrected chi connectivity index (χ2v) is 11.0.